The molecule has 1 aromatic carbocycles. The second-order valence-electron chi connectivity index (χ2n) is 4.88. The van der Waals surface area contributed by atoms with Crippen LogP contribution in [0.3, 0.4) is 0 Å². The molecular formula is C16H16ClN3O. The standard InChI is InChI=1S/C16H16ClN3O/c1-11(17)16-19-14-9-13(21-2)3-4-15(14)20(16)10-12-5-7-18-8-6-12/h3-9,11H,10H2,1-2H3. The van der Waals surface area contributed by atoms with E-state index in [0.717, 1.165) is 29.2 Å². The highest BCUT2D eigenvalue weighted by Crippen LogP contribution is 2.27. The number of alkyl halides is 1. The van der Waals surface area contributed by atoms with Crippen LogP contribution in [-0.4, -0.2) is 21.6 Å². The Morgan fingerprint density at radius 1 is 1.24 bits per heavy atom. The van der Waals surface area contributed by atoms with Crippen molar-refractivity contribution < 1.29 is 4.74 Å². The van der Waals surface area contributed by atoms with E-state index in [1.807, 2.05) is 37.3 Å². The van der Waals surface area contributed by atoms with Gasteiger partial charge in [0.2, 0.25) is 0 Å². The average molecular weight is 302 g/mol. The van der Waals surface area contributed by atoms with Gasteiger partial charge >= 0.3 is 0 Å². The largest absolute Gasteiger partial charge is 0.497 e. The summed E-state index contributed by atoms with van der Waals surface area (Å²) < 4.78 is 7.40. The molecule has 0 aliphatic carbocycles. The topological polar surface area (TPSA) is 39.9 Å². The number of pyridine rings is 1. The molecule has 1 atom stereocenters. The van der Waals surface area contributed by atoms with E-state index in [0.29, 0.717) is 0 Å². The molecule has 0 saturated heterocycles. The molecule has 0 N–H and O–H groups in total. The van der Waals surface area contributed by atoms with Crippen LogP contribution in [0.25, 0.3) is 11.0 Å². The molecule has 3 aromatic rings. The minimum absolute atomic E-state index is 0.162. The number of nitrogens with zero attached hydrogens (tertiary/aromatic N) is 3. The lowest BCUT2D eigenvalue weighted by Gasteiger charge is -2.10. The van der Waals surface area contributed by atoms with Gasteiger partial charge < -0.3 is 9.30 Å². The Labute approximate surface area is 128 Å². The first-order valence-electron chi connectivity index (χ1n) is 6.76. The zero-order valence-electron chi connectivity index (χ0n) is 12.0. The maximum Gasteiger partial charge on any atom is 0.128 e. The second-order valence-corrected chi connectivity index (χ2v) is 5.54. The van der Waals surface area contributed by atoms with Crippen molar-refractivity contribution >= 4 is 22.6 Å². The third kappa shape index (κ3) is 2.72. The molecule has 108 valence electrons. The van der Waals surface area contributed by atoms with Gasteiger partial charge in [0.25, 0.3) is 0 Å². The summed E-state index contributed by atoms with van der Waals surface area (Å²) in [6, 6.07) is 9.89. The average Bonchev–Trinajstić information content (AvgIpc) is 2.86. The van der Waals surface area contributed by atoms with E-state index in [1.54, 1.807) is 19.5 Å². The lowest BCUT2D eigenvalue weighted by Crippen LogP contribution is -2.05. The predicted octanol–water partition coefficient (Wildman–Crippen LogP) is 3.79. The van der Waals surface area contributed by atoms with Gasteiger partial charge in [-0.2, -0.15) is 0 Å². The molecule has 0 aliphatic rings. The lowest BCUT2D eigenvalue weighted by molar-refractivity contribution is 0.415. The van der Waals surface area contributed by atoms with Crippen LogP contribution in [0.15, 0.2) is 42.7 Å². The molecule has 2 heterocycles. The summed E-state index contributed by atoms with van der Waals surface area (Å²) in [6.45, 7) is 2.65. The molecule has 0 fully saturated rings. The van der Waals surface area contributed by atoms with Gasteiger partial charge in [0, 0.05) is 25.0 Å². The number of rotatable bonds is 4. The minimum atomic E-state index is -0.162. The Bertz CT molecular complexity index is 753. The molecular weight excluding hydrogens is 286 g/mol. The van der Waals surface area contributed by atoms with Crippen molar-refractivity contribution in [3.05, 3.63) is 54.1 Å². The van der Waals surface area contributed by atoms with Crippen LogP contribution < -0.4 is 4.74 Å². The van der Waals surface area contributed by atoms with Crippen molar-refractivity contribution in [2.75, 3.05) is 7.11 Å². The van der Waals surface area contributed by atoms with Crippen molar-refractivity contribution in [2.45, 2.75) is 18.8 Å². The molecule has 0 radical (unpaired) electrons. The van der Waals surface area contributed by atoms with Gasteiger partial charge in [-0.3, -0.25) is 4.98 Å². The molecule has 1 unspecified atom stereocenters. The van der Waals surface area contributed by atoms with Crippen LogP contribution in [0.2, 0.25) is 0 Å². The van der Waals surface area contributed by atoms with Crippen molar-refractivity contribution in [1.29, 1.82) is 0 Å². The van der Waals surface area contributed by atoms with Crippen molar-refractivity contribution in [1.82, 2.24) is 14.5 Å². The van der Waals surface area contributed by atoms with Crippen LogP contribution in [0, 0.1) is 0 Å². The van der Waals surface area contributed by atoms with Gasteiger partial charge in [-0.25, -0.2) is 4.98 Å². The maximum absolute atomic E-state index is 6.29. The number of fused-ring (bicyclic) bond motifs is 1. The van der Waals surface area contributed by atoms with E-state index in [4.69, 9.17) is 16.3 Å². The summed E-state index contributed by atoms with van der Waals surface area (Å²) in [6.07, 6.45) is 3.59. The molecule has 0 spiro atoms. The number of ether oxygens (including phenoxy) is 1. The van der Waals surface area contributed by atoms with E-state index < -0.39 is 0 Å². The fourth-order valence-corrected chi connectivity index (χ4v) is 2.56. The molecule has 0 aliphatic heterocycles. The number of methoxy groups -OCH3 is 1. The molecule has 21 heavy (non-hydrogen) atoms. The van der Waals surface area contributed by atoms with Crippen LogP contribution in [0.1, 0.15) is 23.7 Å². The van der Waals surface area contributed by atoms with Gasteiger partial charge in [0.15, 0.2) is 0 Å². The summed E-state index contributed by atoms with van der Waals surface area (Å²) in [7, 11) is 1.65. The Kier molecular flexibility index (Phi) is 3.80. The summed E-state index contributed by atoms with van der Waals surface area (Å²) in [5.41, 5.74) is 3.11. The Morgan fingerprint density at radius 2 is 2.00 bits per heavy atom. The molecule has 5 heteroatoms. The molecule has 2 aromatic heterocycles. The van der Waals surface area contributed by atoms with Gasteiger partial charge in [-0.15, -0.1) is 11.6 Å². The number of imidazole rings is 1. The molecule has 4 nitrogen and oxygen atoms in total. The second kappa shape index (κ2) is 5.74. The Balaban J connectivity index is 2.12. The fourth-order valence-electron chi connectivity index (χ4n) is 2.40. The molecule has 0 amide bonds. The molecule has 0 bridgehead atoms. The maximum atomic E-state index is 6.29. The van der Waals surface area contributed by atoms with Gasteiger partial charge in [-0.05, 0) is 36.8 Å². The first kappa shape index (κ1) is 13.9. The highest BCUT2D eigenvalue weighted by Gasteiger charge is 2.15. The van der Waals surface area contributed by atoms with E-state index in [1.165, 1.54) is 5.56 Å². The normalized spacial score (nSPS) is 12.5. The Morgan fingerprint density at radius 3 is 2.67 bits per heavy atom. The SMILES string of the molecule is COc1ccc2c(c1)nc(C(C)Cl)n2Cc1ccncc1. The predicted molar refractivity (Wildman–Crippen MR) is 83.9 cm³/mol. The van der Waals surface area contributed by atoms with Crippen LogP contribution >= 0.6 is 11.6 Å². The van der Waals surface area contributed by atoms with Crippen molar-refractivity contribution in [2.24, 2.45) is 0 Å². The number of aromatic nitrogens is 3. The highest BCUT2D eigenvalue weighted by atomic mass is 35.5. The monoisotopic (exact) mass is 301 g/mol. The summed E-state index contributed by atoms with van der Waals surface area (Å²) in [5.74, 6) is 1.65. The third-order valence-electron chi connectivity index (χ3n) is 3.43. The first-order chi connectivity index (χ1) is 10.2. The summed E-state index contributed by atoms with van der Waals surface area (Å²) in [4.78, 5) is 8.70. The zero-order valence-corrected chi connectivity index (χ0v) is 12.7. The van der Waals surface area contributed by atoms with E-state index in [2.05, 4.69) is 14.5 Å². The van der Waals surface area contributed by atoms with Crippen molar-refractivity contribution in [3.8, 4) is 5.75 Å². The third-order valence-corrected chi connectivity index (χ3v) is 3.63. The van der Waals surface area contributed by atoms with Crippen molar-refractivity contribution in [3.63, 3.8) is 0 Å². The fraction of sp³-hybridized carbons (Fsp3) is 0.250. The van der Waals surface area contributed by atoms with Gasteiger partial charge in [0.05, 0.1) is 23.5 Å². The minimum Gasteiger partial charge on any atom is -0.497 e. The Hall–Kier alpha value is -2.07. The summed E-state index contributed by atoms with van der Waals surface area (Å²) >= 11 is 6.29. The van der Waals surface area contributed by atoms with Crippen LogP contribution in [0.5, 0.6) is 5.75 Å². The molecule has 3 rings (SSSR count). The van der Waals surface area contributed by atoms with E-state index in [9.17, 15) is 0 Å². The van der Waals surface area contributed by atoms with Gasteiger partial charge in [0.1, 0.15) is 11.6 Å². The number of hydrogen-bond donors (Lipinski definition) is 0. The lowest BCUT2D eigenvalue weighted by atomic mass is 10.2. The van der Waals surface area contributed by atoms with E-state index in [-0.39, 0.29) is 5.38 Å². The quantitative estimate of drug-likeness (QED) is 0.688. The highest BCUT2D eigenvalue weighted by molar-refractivity contribution is 6.20. The van der Waals surface area contributed by atoms with Crippen LogP contribution in [0.4, 0.5) is 0 Å². The zero-order chi connectivity index (χ0) is 14.8. The number of hydrogen-bond acceptors (Lipinski definition) is 3. The summed E-state index contributed by atoms with van der Waals surface area (Å²) in [5, 5.41) is -0.162. The van der Waals surface area contributed by atoms with E-state index >= 15 is 0 Å². The van der Waals surface area contributed by atoms with Crippen LogP contribution in [-0.2, 0) is 6.54 Å². The number of benzene rings is 1. The first-order valence-corrected chi connectivity index (χ1v) is 7.20. The smallest absolute Gasteiger partial charge is 0.128 e. The van der Waals surface area contributed by atoms with Gasteiger partial charge in [-0.1, -0.05) is 0 Å². The molecule has 0 saturated carbocycles. The number of halogens is 1.